The number of hydrogen-bond donors (Lipinski definition) is 2. The number of H-pyrrole nitrogens is 1. The molecule has 0 spiro atoms. The molecule has 0 atom stereocenters. The van der Waals surface area contributed by atoms with E-state index in [-0.39, 0.29) is 12.0 Å². The van der Waals surface area contributed by atoms with Crippen LogP contribution in [0, 0.1) is 0 Å². The van der Waals surface area contributed by atoms with Gasteiger partial charge in [-0.15, -0.1) is 11.3 Å². The Morgan fingerprint density at radius 1 is 1.52 bits per heavy atom. The molecule has 0 aliphatic carbocycles. The molecular formula is C13H10N2O4S2. The van der Waals surface area contributed by atoms with Crippen molar-refractivity contribution in [2.24, 2.45) is 0 Å². The molecule has 3 rings (SSSR count). The molecule has 21 heavy (non-hydrogen) atoms. The highest BCUT2D eigenvalue weighted by Gasteiger charge is 2.14. The first kappa shape index (κ1) is 13.9. The van der Waals surface area contributed by atoms with Gasteiger partial charge in [0.1, 0.15) is 10.6 Å². The van der Waals surface area contributed by atoms with Crippen molar-refractivity contribution in [1.82, 2.24) is 9.97 Å². The van der Waals surface area contributed by atoms with Crippen molar-refractivity contribution in [3.8, 4) is 11.3 Å². The van der Waals surface area contributed by atoms with Gasteiger partial charge in [-0.1, -0.05) is 11.8 Å². The fraction of sp³-hybridized carbons (Fsp3) is 0.154. The zero-order valence-corrected chi connectivity index (χ0v) is 12.3. The van der Waals surface area contributed by atoms with E-state index < -0.39 is 5.97 Å². The largest absolute Gasteiger partial charge is 0.481 e. The second kappa shape index (κ2) is 5.74. The van der Waals surface area contributed by atoms with Crippen LogP contribution >= 0.6 is 23.1 Å². The summed E-state index contributed by atoms with van der Waals surface area (Å²) >= 11 is 2.58. The van der Waals surface area contributed by atoms with Crippen LogP contribution in [-0.4, -0.2) is 26.8 Å². The maximum absolute atomic E-state index is 12.2. The van der Waals surface area contributed by atoms with Gasteiger partial charge in [0, 0.05) is 16.7 Å². The van der Waals surface area contributed by atoms with E-state index >= 15 is 0 Å². The van der Waals surface area contributed by atoms with Gasteiger partial charge in [0.2, 0.25) is 0 Å². The first-order valence-electron chi connectivity index (χ1n) is 6.05. The molecule has 2 N–H and O–H groups in total. The zero-order chi connectivity index (χ0) is 14.8. The third-order valence-electron chi connectivity index (χ3n) is 2.76. The lowest BCUT2D eigenvalue weighted by Crippen LogP contribution is -2.09. The number of thiophene rings is 1. The van der Waals surface area contributed by atoms with Crippen molar-refractivity contribution in [2.75, 3.05) is 5.75 Å². The number of fused-ring (bicyclic) bond motifs is 1. The van der Waals surface area contributed by atoms with Gasteiger partial charge in [0.05, 0.1) is 18.1 Å². The van der Waals surface area contributed by atoms with Crippen LogP contribution in [-0.2, 0) is 4.79 Å². The molecule has 0 fully saturated rings. The summed E-state index contributed by atoms with van der Waals surface area (Å²) in [6, 6.07) is 3.55. The second-order valence-corrected chi connectivity index (χ2v) is 6.11. The molecule has 3 aromatic heterocycles. The fourth-order valence-electron chi connectivity index (χ4n) is 1.85. The topological polar surface area (TPSA) is 96.2 Å². The molecule has 0 saturated carbocycles. The number of nitrogens with one attached hydrogen (secondary N) is 1. The van der Waals surface area contributed by atoms with Gasteiger partial charge in [-0.25, -0.2) is 4.98 Å². The summed E-state index contributed by atoms with van der Waals surface area (Å²) in [6.45, 7) is 0. The monoisotopic (exact) mass is 322 g/mol. The molecule has 0 bridgehead atoms. The third kappa shape index (κ3) is 2.86. The van der Waals surface area contributed by atoms with Crippen molar-refractivity contribution in [3.63, 3.8) is 0 Å². The maximum atomic E-state index is 12.2. The van der Waals surface area contributed by atoms with Crippen molar-refractivity contribution in [3.05, 3.63) is 34.1 Å². The van der Waals surface area contributed by atoms with Crippen molar-refractivity contribution >= 4 is 39.3 Å². The van der Waals surface area contributed by atoms with Gasteiger partial charge in [0.15, 0.2) is 5.16 Å². The highest BCUT2D eigenvalue weighted by Crippen LogP contribution is 2.31. The van der Waals surface area contributed by atoms with E-state index in [0.717, 1.165) is 5.56 Å². The lowest BCUT2D eigenvalue weighted by atomic mass is 10.2. The van der Waals surface area contributed by atoms with E-state index in [1.165, 1.54) is 23.1 Å². The number of carboxylic acids is 1. The summed E-state index contributed by atoms with van der Waals surface area (Å²) in [4.78, 5) is 30.4. The standard InChI is InChI=1S/C13H10N2O4S2/c16-9(17)3-5-20-13-14-11(18)10-7(6-21-12(10)15-13)8-2-1-4-19-8/h1-2,4,6H,3,5H2,(H,16,17)(H,14,15,18). The molecular weight excluding hydrogens is 312 g/mol. The van der Waals surface area contributed by atoms with Gasteiger partial charge in [-0.05, 0) is 12.1 Å². The molecule has 0 aliphatic heterocycles. The Morgan fingerprint density at radius 2 is 2.38 bits per heavy atom. The molecule has 0 aromatic carbocycles. The van der Waals surface area contributed by atoms with E-state index in [2.05, 4.69) is 9.97 Å². The molecule has 0 unspecified atom stereocenters. The van der Waals surface area contributed by atoms with Gasteiger partial charge in [-0.2, -0.15) is 0 Å². The first-order valence-corrected chi connectivity index (χ1v) is 7.91. The van der Waals surface area contributed by atoms with Crippen LogP contribution in [0.4, 0.5) is 0 Å². The summed E-state index contributed by atoms with van der Waals surface area (Å²) in [7, 11) is 0. The fourth-order valence-corrected chi connectivity index (χ4v) is 3.62. The van der Waals surface area contributed by atoms with Crippen molar-refractivity contribution < 1.29 is 14.3 Å². The van der Waals surface area contributed by atoms with Crippen LogP contribution in [0.5, 0.6) is 0 Å². The van der Waals surface area contributed by atoms with E-state index in [0.29, 0.717) is 26.9 Å². The number of furan rings is 1. The number of carboxylic acid groups (broad SMARTS) is 1. The molecule has 3 heterocycles. The minimum atomic E-state index is -0.873. The Labute approximate surface area is 126 Å². The summed E-state index contributed by atoms with van der Waals surface area (Å²) in [5, 5.41) is 11.4. The second-order valence-electron chi connectivity index (χ2n) is 4.17. The van der Waals surface area contributed by atoms with Crippen LogP contribution in [0.3, 0.4) is 0 Å². The Kier molecular flexibility index (Phi) is 3.80. The maximum Gasteiger partial charge on any atom is 0.304 e. The minimum Gasteiger partial charge on any atom is -0.481 e. The Hall–Kier alpha value is -2.06. The zero-order valence-electron chi connectivity index (χ0n) is 10.7. The van der Waals surface area contributed by atoms with E-state index in [4.69, 9.17) is 9.52 Å². The van der Waals surface area contributed by atoms with Gasteiger partial charge in [0.25, 0.3) is 5.56 Å². The van der Waals surface area contributed by atoms with Gasteiger partial charge in [-0.3, -0.25) is 9.59 Å². The predicted octanol–water partition coefficient (Wildman–Crippen LogP) is 2.81. The Morgan fingerprint density at radius 3 is 3.10 bits per heavy atom. The number of aromatic amines is 1. The highest BCUT2D eigenvalue weighted by molar-refractivity contribution is 7.99. The molecule has 0 saturated heterocycles. The first-order chi connectivity index (χ1) is 10.1. The van der Waals surface area contributed by atoms with E-state index in [1.54, 1.807) is 18.4 Å². The van der Waals surface area contributed by atoms with Gasteiger partial charge >= 0.3 is 5.97 Å². The molecule has 3 aromatic rings. The molecule has 0 radical (unpaired) electrons. The van der Waals surface area contributed by atoms with Crippen LogP contribution in [0.2, 0.25) is 0 Å². The minimum absolute atomic E-state index is 0.0223. The van der Waals surface area contributed by atoms with E-state index in [9.17, 15) is 9.59 Å². The van der Waals surface area contributed by atoms with Crippen molar-refractivity contribution in [2.45, 2.75) is 11.6 Å². The highest BCUT2D eigenvalue weighted by atomic mass is 32.2. The number of thioether (sulfide) groups is 1. The summed E-state index contributed by atoms with van der Waals surface area (Å²) in [5.74, 6) is 0.113. The Balaban J connectivity index is 1.95. The number of aromatic nitrogens is 2. The lowest BCUT2D eigenvalue weighted by molar-refractivity contribution is -0.136. The molecule has 0 amide bonds. The van der Waals surface area contributed by atoms with Crippen LogP contribution in [0.15, 0.2) is 38.1 Å². The summed E-state index contributed by atoms with van der Waals surface area (Å²) < 4.78 is 5.32. The Bertz CT molecular complexity index is 836. The SMILES string of the molecule is O=C(O)CCSc1nc2scc(-c3ccco3)c2c(=O)[nH]1. The normalized spacial score (nSPS) is 11.0. The third-order valence-corrected chi connectivity index (χ3v) is 4.51. The lowest BCUT2D eigenvalue weighted by Gasteiger charge is -2.00. The smallest absolute Gasteiger partial charge is 0.304 e. The number of rotatable bonds is 5. The van der Waals surface area contributed by atoms with Crippen molar-refractivity contribution in [1.29, 1.82) is 0 Å². The van der Waals surface area contributed by atoms with E-state index in [1.807, 2.05) is 5.38 Å². The molecule has 108 valence electrons. The number of aliphatic carboxylic acids is 1. The van der Waals surface area contributed by atoms with Gasteiger partial charge < -0.3 is 14.5 Å². The number of hydrogen-bond acceptors (Lipinski definition) is 6. The quantitative estimate of drug-likeness (QED) is 0.554. The molecule has 6 nitrogen and oxygen atoms in total. The number of nitrogens with zero attached hydrogens (tertiary/aromatic N) is 1. The number of carbonyl (C=O) groups is 1. The summed E-state index contributed by atoms with van der Waals surface area (Å²) in [5.41, 5.74) is 0.473. The molecule has 0 aliphatic rings. The van der Waals surface area contributed by atoms with Crippen LogP contribution in [0.1, 0.15) is 6.42 Å². The van der Waals surface area contributed by atoms with Crippen LogP contribution < -0.4 is 5.56 Å². The molecule has 8 heteroatoms. The average Bonchev–Trinajstić information content (AvgIpc) is 3.06. The van der Waals surface area contributed by atoms with Crippen LogP contribution in [0.25, 0.3) is 21.5 Å². The predicted molar refractivity (Wildman–Crippen MR) is 80.9 cm³/mol. The average molecular weight is 322 g/mol. The summed E-state index contributed by atoms with van der Waals surface area (Å²) in [6.07, 6.45) is 1.57.